The highest BCUT2D eigenvalue weighted by molar-refractivity contribution is 9.09. The van der Waals surface area contributed by atoms with Crippen LogP contribution in [0.15, 0.2) is 18.2 Å². The number of phenols is 1. The monoisotopic (exact) mass is 303 g/mol. The summed E-state index contributed by atoms with van der Waals surface area (Å²) in [6.45, 7) is 0.675. The van der Waals surface area contributed by atoms with E-state index in [2.05, 4.69) is 15.9 Å². The lowest BCUT2D eigenvalue weighted by molar-refractivity contribution is -0.117. The fourth-order valence-electron chi connectivity index (χ4n) is 1.83. The number of rotatable bonds is 2. The zero-order valence-corrected chi connectivity index (χ0v) is 10.8. The molecule has 1 amide bonds. The van der Waals surface area contributed by atoms with Gasteiger partial charge in [-0.15, -0.1) is 0 Å². The smallest absolute Gasteiger partial charge is 0.227 e. The van der Waals surface area contributed by atoms with Gasteiger partial charge in [0.05, 0.1) is 10.7 Å². The molecule has 86 valence electrons. The Bertz CT molecular complexity index is 424. The molecule has 2 rings (SSSR count). The predicted molar refractivity (Wildman–Crippen MR) is 67.4 cm³/mol. The zero-order valence-electron chi connectivity index (χ0n) is 8.49. The Labute approximate surface area is 107 Å². The number of anilines is 1. The van der Waals surface area contributed by atoms with Crippen LogP contribution in [0.1, 0.15) is 6.42 Å². The number of amides is 1. The molecule has 1 aromatic carbocycles. The molecule has 0 aromatic heterocycles. The molecule has 0 radical (unpaired) electrons. The molecule has 1 atom stereocenters. The van der Waals surface area contributed by atoms with Gasteiger partial charge in [0, 0.05) is 24.4 Å². The van der Waals surface area contributed by atoms with Gasteiger partial charge in [-0.2, -0.15) is 0 Å². The normalized spacial score (nSPS) is 20.5. The van der Waals surface area contributed by atoms with E-state index in [0.717, 1.165) is 5.33 Å². The Kier molecular flexibility index (Phi) is 3.40. The molecular formula is C11H11BrClNO2. The van der Waals surface area contributed by atoms with Gasteiger partial charge in [0.1, 0.15) is 5.75 Å². The van der Waals surface area contributed by atoms with Crippen LogP contribution in [0.2, 0.25) is 5.02 Å². The van der Waals surface area contributed by atoms with Crippen LogP contribution in [0.25, 0.3) is 0 Å². The summed E-state index contributed by atoms with van der Waals surface area (Å²) >= 11 is 9.38. The summed E-state index contributed by atoms with van der Waals surface area (Å²) in [4.78, 5) is 13.4. The van der Waals surface area contributed by atoms with Crippen molar-refractivity contribution in [2.75, 3.05) is 16.8 Å². The summed E-state index contributed by atoms with van der Waals surface area (Å²) < 4.78 is 0. The first-order chi connectivity index (χ1) is 7.61. The minimum absolute atomic E-state index is 0.0806. The van der Waals surface area contributed by atoms with Crippen LogP contribution in [-0.4, -0.2) is 22.9 Å². The molecule has 1 aliphatic rings. The minimum Gasteiger partial charge on any atom is -0.508 e. The summed E-state index contributed by atoms with van der Waals surface area (Å²) in [6, 6.07) is 4.66. The van der Waals surface area contributed by atoms with Crippen molar-refractivity contribution in [2.45, 2.75) is 6.42 Å². The summed E-state index contributed by atoms with van der Waals surface area (Å²) in [5.74, 6) is 0.520. The average molecular weight is 305 g/mol. The van der Waals surface area contributed by atoms with Crippen LogP contribution >= 0.6 is 27.5 Å². The summed E-state index contributed by atoms with van der Waals surface area (Å²) in [7, 11) is 0. The van der Waals surface area contributed by atoms with Crippen LogP contribution in [0.3, 0.4) is 0 Å². The Morgan fingerprint density at radius 1 is 1.56 bits per heavy atom. The Hall–Kier alpha value is -0.740. The third-order valence-corrected chi connectivity index (χ3v) is 3.86. The molecule has 0 spiro atoms. The van der Waals surface area contributed by atoms with E-state index in [0.29, 0.717) is 29.6 Å². The Morgan fingerprint density at radius 3 is 2.88 bits per heavy atom. The Morgan fingerprint density at radius 2 is 2.31 bits per heavy atom. The molecule has 16 heavy (non-hydrogen) atoms. The number of benzene rings is 1. The highest BCUT2D eigenvalue weighted by atomic mass is 79.9. The lowest BCUT2D eigenvalue weighted by Gasteiger charge is -2.17. The minimum atomic E-state index is 0.0806. The highest BCUT2D eigenvalue weighted by Gasteiger charge is 2.30. The van der Waals surface area contributed by atoms with Gasteiger partial charge >= 0.3 is 0 Å². The van der Waals surface area contributed by atoms with Gasteiger partial charge < -0.3 is 10.0 Å². The van der Waals surface area contributed by atoms with Gasteiger partial charge in [-0.1, -0.05) is 27.5 Å². The number of carbonyl (C=O) groups is 1. The molecule has 1 aromatic rings. The first-order valence-corrected chi connectivity index (χ1v) is 6.46. The van der Waals surface area contributed by atoms with E-state index < -0.39 is 0 Å². The standard InChI is InChI=1S/C11H11BrClNO2/c12-5-7-3-11(16)14(6-7)10-2-1-8(15)4-9(10)13/h1-2,4,7,15H,3,5-6H2. The number of alkyl halides is 1. The van der Waals surface area contributed by atoms with Crippen LogP contribution in [0, 0.1) is 5.92 Å². The highest BCUT2D eigenvalue weighted by Crippen LogP contribution is 2.33. The van der Waals surface area contributed by atoms with Crippen LogP contribution < -0.4 is 4.90 Å². The number of hydrogen-bond donors (Lipinski definition) is 1. The van der Waals surface area contributed by atoms with Crippen molar-refractivity contribution in [1.82, 2.24) is 0 Å². The second kappa shape index (κ2) is 4.63. The zero-order chi connectivity index (χ0) is 11.7. The topological polar surface area (TPSA) is 40.5 Å². The molecule has 1 aliphatic heterocycles. The third kappa shape index (κ3) is 2.18. The van der Waals surface area contributed by atoms with Crippen LogP contribution in [0.4, 0.5) is 5.69 Å². The molecule has 1 fully saturated rings. The van der Waals surface area contributed by atoms with Gasteiger partial charge in [-0.3, -0.25) is 4.79 Å². The first-order valence-electron chi connectivity index (χ1n) is 4.96. The van der Waals surface area contributed by atoms with Crippen molar-refractivity contribution in [2.24, 2.45) is 5.92 Å². The van der Waals surface area contributed by atoms with Crippen molar-refractivity contribution in [3.05, 3.63) is 23.2 Å². The van der Waals surface area contributed by atoms with Gasteiger partial charge in [0.2, 0.25) is 5.91 Å². The maximum Gasteiger partial charge on any atom is 0.227 e. The number of phenolic OH excluding ortho intramolecular Hbond substituents is 1. The molecule has 1 heterocycles. The van der Waals surface area contributed by atoms with E-state index in [9.17, 15) is 9.90 Å². The molecule has 0 aliphatic carbocycles. The van der Waals surface area contributed by atoms with Crippen molar-refractivity contribution >= 4 is 39.1 Å². The largest absolute Gasteiger partial charge is 0.508 e. The predicted octanol–water partition coefficient (Wildman–Crippen LogP) is 2.79. The van der Waals surface area contributed by atoms with Crippen LogP contribution in [-0.2, 0) is 4.79 Å². The summed E-state index contributed by atoms with van der Waals surface area (Å²) in [5.41, 5.74) is 0.674. The maximum atomic E-state index is 11.8. The molecule has 5 heteroatoms. The molecule has 0 saturated carbocycles. The molecular weight excluding hydrogens is 293 g/mol. The molecule has 0 bridgehead atoms. The van der Waals surface area contributed by atoms with E-state index in [1.807, 2.05) is 0 Å². The fourth-order valence-corrected chi connectivity index (χ4v) is 2.54. The second-order valence-corrected chi connectivity index (χ2v) is 4.92. The lowest BCUT2D eigenvalue weighted by atomic mass is 10.2. The Balaban J connectivity index is 2.28. The molecule has 3 nitrogen and oxygen atoms in total. The number of nitrogens with zero attached hydrogens (tertiary/aromatic N) is 1. The van der Waals surface area contributed by atoms with Gasteiger partial charge in [-0.25, -0.2) is 0 Å². The number of carbonyl (C=O) groups excluding carboxylic acids is 1. The van der Waals surface area contributed by atoms with Crippen molar-refractivity contribution in [3.8, 4) is 5.75 Å². The fraction of sp³-hybridized carbons (Fsp3) is 0.364. The molecule has 1 unspecified atom stereocenters. The van der Waals surface area contributed by atoms with E-state index in [1.54, 1.807) is 11.0 Å². The molecule has 1 N–H and O–H groups in total. The average Bonchev–Trinajstić information content (AvgIpc) is 2.60. The van der Waals surface area contributed by atoms with Gasteiger partial charge in [0.25, 0.3) is 0 Å². The van der Waals surface area contributed by atoms with Crippen molar-refractivity contribution < 1.29 is 9.90 Å². The number of hydrogen-bond acceptors (Lipinski definition) is 2. The van der Waals surface area contributed by atoms with Crippen LogP contribution in [0.5, 0.6) is 5.75 Å². The van der Waals surface area contributed by atoms with Gasteiger partial charge in [0.15, 0.2) is 0 Å². The summed E-state index contributed by atoms with van der Waals surface area (Å²) in [6.07, 6.45) is 0.544. The maximum absolute atomic E-state index is 11.8. The molecule has 1 saturated heterocycles. The quantitative estimate of drug-likeness (QED) is 0.854. The summed E-state index contributed by atoms with van der Waals surface area (Å²) in [5, 5.41) is 10.5. The number of halogens is 2. The van der Waals surface area contributed by atoms with E-state index in [-0.39, 0.29) is 11.7 Å². The first kappa shape index (κ1) is 11.7. The SMILES string of the molecule is O=C1CC(CBr)CN1c1ccc(O)cc1Cl. The van der Waals surface area contributed by atoms with Gasteiger partial charge in [-0.05, 0) is 18.1 Å². The second-order valence-electron chi connectivity index (χ2n) is 3.86. The van der Waals surface area contributed by atoms with E-state index in [4.69, 9.17) is 11.6 Å². The lowest BCUT2D eigenvalue weighted by Crippen LogP contribution is -2.24. The number of aromatic hydroxyl groups is 1. The van der Waals surface area contributed by atoms with E-state index in [1.165, 1.54) is 12.1 Å². The van der Waals surface area contributed by atoms with E-state index >= 15 is 0 Å². The van der Waals surface area contributed by atoms with Crippen molar-refractivity contribution in [3.63, 3.8) is 0 Å². The third-order valence-electron chi connectivity index (χ3n) is 2.65. The van der Waals surface area contributed by atoms with Crippen molar-refractivity contribution in [1.29, 1.82) is 0 Å².